The summed E-state index contributed by atoms with van der Waals surface area (Å²) in [6.07, 6.45) is 3.27. The molecule has 0 aliphatic heterocycles. The summed E-state index contributed by atoms with van der Waals surface area (Å²) in [7, 11) is 3.28. The molecule has 2 atom stereocenters. The summed E-state index contributed by atoms with van der Waals surface area (Å²) < 4.78 is 10.2. The molecule has 4 aromatic carbocycles. The molecule has 0 N–H and O–H groups in total. The van der Waals surface area contributed by atoms with Gasteiger partial charge in [0, 0.05) is 12.4 Å². The van der Waals surface area contributed by atoms with Crippen molar-refractivity contribution in [2.24, 2.45) is 9.98 Å². The zero-order chi connectivity index (χ0) is 27.3. The Labute approximate surface area is 241 Å². The van der Waals surface area contributed by atoms with Crippen LogP contribution < -0.4 is 19.7 Å². The van der Waals surface area contributed by atoms with E-state index in [2.05, 4.69) is 9.98 Å². The maximum Gasteiger partial charge on any atom is 2.00 e. The summed E-state index contributed by atoms with van der Waals surface area (Å²) in [4.78, 5) is 8.83. The van der Waals surface area contributed by atoms with Gasteiger partial charge in [-0.3, -0.25) is 9.98 Å². The first-order valence-corrected chi connectivity index (χ1v) is 12.3. The SMILES string of the molecule is COc1ccc([C@@H](C)N=Cc2ccccc2[O-])cc1.COc1ccc([C@@H](C)N=Cc2ccccc2[O-])cc1.[Cu+2]. The molecule has 0 fully saturated rings. The van der Waals surface area contributed by atoms with Crippen LogP contribution in [0.3, 0.4) is 0 Å². The van der Waals surface area contributed by atoms with E-state index in [9.17, 15) is 10.2 Å². The van der Waals surface area contributed by atoms with Crippen LogP contribution in [0.25, 0.3) is 0 Å². The minimum Gasteiger partial charge on any atom is -0.872 e. The number of para-hydroxylation sites is 2. The number of aliphatic imine (C=N–C) groups is 2. The molecule has 6 nitrogen and oxygen atoms in total. The standard InChI is InChI=1S/2C16H17NO2.Cu/c2*1-12(13-7-9-15(19-2)10-8-13)17-11-14-5-3-4-6-16(14)18;/h2*3-12,18H,1-2H3;/q;;+2/p-2/t2*12-;/m11./s1. The van der Waals surface area contributed by atoms with Gasteiger partial charge in [0.2, 0.25) is 0 Å². The van der Waals surface area contributed by atoms with E-state index < -0.39 is 0 Å². The Morgan fingerprint density at radius 2 is 0.897 bits per heavy atom. The van der Waals surface area contributed by atoms with Crippen molar-refractivity contribution < 1.29 is 36.8 Å². The van der Waals surface area contributed by atoms with Crippen molar-refractivity contribution >= 4 is 12.4 Å². The largest absolute Gasteiger partial charge is 2.00 e. The Kier molecular flexibility index (Phi) is 12.8. The van der Waals surface area contributed by atoms with E-state index in [1.54, 1.807) is 63.0 Å². The van der Waals surface area contributed by atoms with Crippen LogP contribution in [0.5, 0.6) is 23.0 Å². The Balaban J connectivity index is 0.000000267. The summed E-state index contributed by atoms with van der Waals surface area (Å²) in [5, 5.41) is 23.1. The van der Waals surface area contributed by atoms with Crippen molar-refractivity contribution in [3.05, 3.63) is 119 Å². The quantitative estimate of drug-likeness (QED) is 0.195. The minimum atomic E-state index is -0.00631. The van der Waals surface area contributed by atoms with E-state index in [1.165, 1.54) is 0 Å². The first-order valence-electron chi connectivity index (χ1n) is 12.3. The second-order valence-corrected chi connectivity index (χ2v) is 8.53. The van der Waals surface area contributed by atoms with Gasteiger partial charge in [-0.15, -0.1) is 11.5 Å². The van der Waals surface area contributed by atoms with Gasteiger partial charge in [0.05, 0.1) is 26.3 Å². The van der Waals surface area contributed by atoms with Gasteiger partial charge in [-0.2, -0.15) is 0 Å². The summed E-state index contributed by atoms with van der Waals surface area (Å²) in [5.74, 6) is 1.64. The first kappa shape index (κ1) is 31.2. The van der Waals surface area contributed by atoms with Gasteiger partial charge in [-0.05, 0) is 60.4 Å². The molecule has 0 bridgehead atoms. The number of benzene rings is 4. The number of hydrogen-bond donors (Lipinski definition) is 0. The van der Waals surface area contributed by atoms with E-state index >= 15 is 0 Å². The van der Waals surface area contributed by atoms with Crippen molar-refractivity contribution in [1.82, 2.24) is 0 Å². The molecule has 1 radical (unpaired) electrons. The van der Waals surface area contributed by atoms with Gasteiger partial charge in [0.15, 0.2) is 0 Å². The van der Waals surface area contributed by atoms with Gasteiger partial charge in [0.25, 0.3) is 0 Å². The Morgan fingerprint density at radius 1 is 0.564 bits per heavy atom. The molecule has 39 heavy (non-hydrogen) atoms. The molecule has 4 aromatic rings. The van der Waals surface area contributed by atoms with Crippen LogP contribution in [0.4, 0.5) is 0 Å². The molecule has 0 aliphatic carbocycles. The molecule has 0 saturated carbocycles. The fourth-order valence-corrected chi connectivity index (χ4v) is 3.50. The van der Waals surface area contributed by atoms with Gasteiger partial charge in [0.1, 0.15) is 11.5 Å². The normalized spacial score (nSPS) is 12.2. The van der Waals surface area contributed by atoms with Crippen molar-refractivity contribution in [3.8, 4) is 23.0 Å². The molecule has 4 rings (SSSR count). The maximum atomic E-state index is 11.5. The van der Waals surface area contributed by atoms with Crippen LogP contribution in [-0.4, -0.2) is 26.6 Å². The van der Waals surface area contributed by atoms with Crippen LogP contribution in [-0.2, 0) is 17.1 Å². The zero-order valence-corrected chi connectivity index (χ0v) is 23.3. The number of nitrogens with zero attached hydrogens (tertiary/aromatic N) is 2. The minimum absolute atomic E-state index is 0. The molecule has 0 heterocycles. The average molecular weight is 572 g/mol. The summed E-state index contributed by atoms with van der Waals surface area (Å²) in [6, 6.07) is 29.3. The van der Waals surface area contributed by atoms with Crippen molar-refractivity contribution in [2.45, 2.75) is 25.9 Å². The second kappa shape index (κ2) is 16.0. The van der Waals surface area contributed by atoms with Crippen LogP contribution in [0.15, 0.2) is 107 Å². The predicted molar refractivity (Wildman–Crippen MR) is 150 cm³/mol. The monoisotopic (exact) mass is 571 g/mol. The summed E-state index contributed by atoms with van der Waals surface area (Å²) >= 11 is 0. The molecular weight excluding hydrogens is 540 g/mol. The smallest absolute Gasteiger partial charge is 0.872 e. The molecule has 0 unspecified atom stereocenters. The van der Waals surface area contributed by atoms with E-state index in [0.29, 0.717) is 11.1 Å². The zero-order valence-electron chi connectivity index (χ0n) is 22.4. The maximum absolute atomic E-state index is 11.5. The fraction of sp³-hybridized carbons (Fsp3) is 0.188. The Hall–Kier alpha value is -4.06. The summed E-state index contributed by atoms with van der Waals surface area (Å²) in [5.41, 5.74) is 3.39. The summed E-state index contributed by atoms with van der Waals surface area (Å²) in [6.45, 7) is 3.98. The molecule has 205 valence electrons. The second-order valence-electron chi connectivity index (χ2n) is 8.53. The van der Waals surface area contributed by atoms with Crippen LogP contribution >= 0.6 is 0 Å². The van der Waals surface area contributed by atoms with Gasteiger partial charge >= 0.3 is 17.1 Å². The molecular formula is C32H32CuN2O4. The number of methoxy groups -OCH3 is 2. The van der Waals surface area contributed by atoms with Gasteiger partial charge in [-0.1, -0.05) is 72.8 Å². The molecule has 0 saturated heterocycles. The van der Waals surface area contributed by atoms with Crippen LogP contribution in [0.1, 0.15) is 48.2 Å². The number of rotatable bonds is 8. The van der Waals surface area contributed by atoms with E-state index in [-0.39, 0.29) is 40.7 Å². The predicted octanol–water partition coefficient (Wildman–Crippen LogP) is 5.90. The molecule has 7 heteroatoms. The molecule has 0 amide bonds. The average Bonchev–Trinajstić information content (AvgIpc) is 2.96. The molecule has 0 spiro atoms. The fourth-order valence-electron chi connectivity index (χ4n) is 3.50. The van der Waals surface area contributed by atoms with Crippen molar-refractivity contribution in [3.63, 3.8) is 0 Å². The van der Waals surface area contributed by atoms with Gasteiger partial charge < -0.3 is 19.7 Å². The number of hydrogen-bond acceptors (Lipinski definition) is 6. The van der Waals surface area contributed by atoms with Crippen LogP contribution in [0.2, 0.25) is 0 Å². The molecule has 0 aliphatic rings. The third-order valence-electron chi connectivity index (χ3n) is 5.91. The van der Waals surface area contributed by atoms with Crippen molar-refractivity contribution in [2.75, 3.05) is 14.2 Å². The van der Waals surface area contributed by atoms with E-state index in [4.69, 9.17) is 9.47 Å². The van der Waals surface area contributed by atoms with E-state index in [1.807, 2.05) is 74.5 Å². The molecule has 0 aromatic heterocycles. The van der Waals surface area contributed by atoms with E-state index in [0.717, 1.165) is 22.6 Å². The first-order chi connectivity index (χ1) is 18.4. The topological polar surface area (TPSA) is 89.3 Å². The number of ether oxygens (including phenoxy) is 2. The van der Waals surface area contributed by atoms with Crippen LogP contribution in [0, 0.1) is 0 Å². The Bertz CT molecular complexity index is 1230. The third-order valence-corrected chi connectivity index (χ3v) is 5.91. The van der Waals surface area contributed by atoms with Crippen molar-refractivity contribution in [1.29, 1.82) is 0 Å². The Morgan fingerprint density at radius 3 is 1.21 bits per heavy atom. The van der Waals surface area contributed by atoms with Gasteiger partial charge in [-0.25, -0.2) is 0 Å². The third kappa shape index (κ3) is 9.64.